The first kappa shape index (κ1) is 12.9. The van der Waals surface area contributed by atoms with Crippen LogP contribution in [0.2, 0.25) is 5.02 Å². The lowest BCUT2D eigenvalue weighted by atomic mass is 9.94. The summed E-state index contributed by atoms with van der Waals surface area (Å²) in [5, 5.41) is 4.99. The molecule has 0 amide bonds. The van der Waals surface area contributed by atoms with E-state index in [1.165, 1.54) is 25.7 Å². The van der Waals surface area contributed by atoms with Crippen LogP contribution in [0.5, 0.6) is 0 Å². The fourth-order valence-electron chi connectivity index (χ4n) is 2.33. The maximum Gasteiger partial charge on any atom is 0.0739 e. The van der Waals surface area contributed by atoms with Crippen LogP contribution in [-0.2, 0) is 0 Å². The normalized spacial score (nSPS) is 24.6. The van der Waals surface area contributed by atoms with E-state index in [1.807, 2.05) is 30.0 Å². The molecule has 0 bridgehead atoms. The minimum atomic E-state index is 0.541. The highest BCUT2D eigenvalue weighted by Gasteiger charge is 2.20. The minimum absolute atomic E-state index is 0.541. The van der Waals surface area contributed by atoms with E-state index < -0.39 is 0 Å². The number of benzene rings is 1. The number of nitrogens with one attached hydrogen (secondary N) is 1. The van der Waals surface area contributed by atoms with Gasteiger partial charge in [-0.2, -0.15) is 11.8 Å². The number of hydrogen-bond donors (Lipinski definition) is 2. The summed E-state index contributed by atoms with van der Waals surface area (Å²) in [4.78, 5) is 0. The molecule has 1 aliphatic carbocycles. The molecule has 0 heterocycles. The van der Waals surface area contributed by atoms with Gasteiger partial charge in [0.25, 0.3) is 0 Å². The monoisotopic (exact) mass is 270 g/mol. The molecule has 4 heteroatoms. The third kappa shape index (κ3) is 3.23. The van der Waals surface area contributed by atoms with Gasteiger partial charge < -0.3 is 11.1 Å². The molecule has 3 N–H and O–H groups in total. The van der Waals surface area contributed by atoms with Gasteiger partial charge in [0.15, 0.2) is 0 Å². The second kappa shape index (κ2) is 5.87. The maximum absolute atomic E-state index is 6.01. The molecule has 17 heavy (non-hydrogen) atoms. The van der Waals surface area contributed by atoms with Gasteiger partial charge >= 0.3 is 0 Å². The number of nitrogens with two attached hydrogens (primary N) is 1. The number of hydrogen-bond acceptors (Lipinski definition) is 3. The number of thioether (sulfide) groups is 1. The van der Waals surface area contributed by atoms with Gasteiger partial charge in [0.05, 0.1) is 16.4 Å². The van der Waals surface area contributed by atoms with Crippen molar-refractivity contribution in [1.29, 1.82) is 0 Å². The van der Waals surface area contributed by atoms with Crippen LogP contribution >= 0.6 is 23.4 Å². The van der Waals surface area contributed by atoms with Crippen LogP contribution in [0.1, 0.15) is 25.7 Å². The minimum Gasteiger partial charge on any atom is -0.396 e. The molecule has 2 nitrogen and oxygen atoms in total. The summed E-state index contributed by atoms with van der Waals surface area (Å²) in [6.07, 6.45) is 7.22. The summed E-state index contributed by atoms with van der Waals surface area (Å²) in [5.74, 6) is 0. The van der Waals surface area contributed by atoms with E-state index in [4.69, 9.17) is 17.3 Å². The molecule has 1 fully saturated rings. The zero-order valence-electron chi connectivity index (χ0n) is 10.1. The largest absolute Gasteiger partial charge is 0.396 e. The van der Waals surface area contributed by atoms with E-state index in [9.17, 15) is 0 Å². The molecule has 0 spiro atoms. The molecule has 0 saturated heterocycles. The van der Waals surface area contributed by atoms with Gasteiger partial charge in [-0.3, -0.25) is 0 Å². The Balaban J connectivity index is 1.95. The van der Waals surface area contributed by atoms with Crippen LogP contribution in [0.4, 0.5) is 11.4 Å². The summed E-state index contributed by atoms with van der Waals surface area (Å²) in [6.45, 7) is 0. The van der Waals surface area contributed by atoms with Crippen LogP contribution in [-0.4, -0.2) is 17.5 Å². The summed E-state index contributed by atoms with van der Waals surface area (Å²) < 4.78 is 0. The van der Waals surface area contributed by atoms with Crippen molar-refractivity contribution >= 4 is 34.7 Å². The lowest BCUT2D eigenvalue weighted by Crippen LogP contribution is -2.27. The SMILES string of the molecule is CSC1CCC(Nc2cccc(Cl)c2N)CC1. The highest BCUT2D eigenvalue weighted by molar-refractivity contribution is 7.99. The van der Waals surface area contributed by atoms with Crippen molar-refractivity contribution < 1.29 is 0 Å². The summed E-state index contributed by atoms with van der Waals surface area (Å²) in [5.41, 5.74) is 7.60. The summed E-state index contributed by atoms with van der Waals surface area (Å²) in [6, 6.07) is 6.31. The Hall–Kier alpha value is -0.540. The third-order valence-electron chi connectivity index (χ3n) is 3.42. The van der Waals surface area contributed by atoms with Crippen molar-refractivity contribution in [2.45, 2.75) is 37.0 Å². The molecule has 0 aromatic heterocycles. The Morgan fingerprint density at radius 2 is 2.00 bits per heavy atom. The first-order chi connectivity index (χ1) is 8.20. The van der Waals surface area contributed by atoms with E-state index in [2.05, 4.69) is 11.6 Å². The standard InChI is InChI=1S/C13H19ClN2S/c1-17-10-7-5-9(6-8-10)16-12-4-2-3-11(14)13(12)15/h2-4,9-10,16H,5-8,15H2,1H3. The van der Waals surface area contributed by atoms with Crippen molar-refractivity contribution in [1.82, 2.24) is 0 Å². The highest BCUT2D eigenvalue weighted by atomic mass is 35.5. The van der Waals surface area contributed by atoms with Crippen molar-refractivity contribution in [2.75, 3.05) is 17.3 Å². The molecular weight excluding hydrogens is 252 g/mol. The quantitative estimate of drug-likeness (QED) is 0.815. The molecular formula is C13H19ClN2S. The molecule has 1 aliphatic rings. The van der Waals surface area contributed by atoms with Gasteiger partial charge in [0.1, 0.15) is 0 Å². The van der Waals surface area contributed by atoms with E-state index in [1.54, 1.807) is 0 Å². The zero-order valence-corrected chi connectivity index (χ0v) is 11.7. The molecule has 0 atom stereocenters. The predicted molar refractivity (Wildman–Crippen MR) is 79.0 cm³/mol. The predicted octanol–water partition coefficient (Wildman–Crippen LogP) is 4.01. The topological polar surface area (TPSA) is 38.0 Å². The average molecular weight is 271 g/mol. The van der Waals surface area contributed by atoms with Gasteiger partial charge in [-0.1, -0.05) is 17.7 Å². The Morgan fingerprint density at radius 1 is 1.29 bits per heavy atom. The number of rotatable bonds is 3. The first-order valence-electron chi connectivity index (χ1n) is 6.04. The molecule has 1 aromatic rings. The average Bonchev–Trinajstić information content (AvgIpc) is 2.36. The van der Waals surface area contributed by atoms with Gasteiger partial charge in [0.2, 0.25) is 0 Å². The molecule has 1 aromatic carbocycles. The summed E-state index contributed by atoms with van der Waals surface area (Å²) in [7, 11) is 0. The molecule has 0 unspecified atom stereocenters. The van der Waals surface area contributed by atoms with Crippen molar-refractivity contribution in [2.24, 2.45) is 0 Å². The molecule has 1 saturated carbocycles. The first-order valence-corrected chi connectivity index (χ1v) is 7.70. The van der Waals surface area contributed by atoms with Gasteiger partial charge in [-0.25, -0.2) is 0 Å². The van der Waals surface area contributed by atoms with Crippen LogP contribution in [0.3, 0.4) is 0 Å². The van der Waals surface area contributed by atoms with Crippen molar-refractivity contribution in [3.8, 4) is 0 Å². The lowest BCUT2D eigenvalue weighted by molar-refractivity contribution is 0.473. The summed E-state index contributed by atoms with van der Waals surface area (Å²) >= 11 is 7.99. The number of nitrogen functional groups attached to an aromatic ring is 1. The van der Waals surface area contributed by atoms with Gasteiger partial charge in [-0.15, -0.1) is 0 Å². The smallest absolute Gasteiger partial charge is 0.0739 e. The second-order valence-electron chi connectivity index (χ2n) is 4.55. The number of para-hydroxylation sites is 1. The van der Waals surface area contributed by atoms with Gasteiger partial charge in [0, 0.05) is 11.3 Å². The van der Waals surface area contributed by atoms with Gasteiger partial charge in [-0.05, 0) is 44.1 Å². The number of halogens is 1. The number of anilines is 2. The fourth-order valence-corrected chi connectivity index (χ4v) is 3.24. The maximum atomic E-state index is 6.01. The Morgan fingerprint density at radius 3 is 2.65 bits per heavy atom. The molecule has 0 radical (unpaired) electrons. The molecule has 94 valence electrons. The highest BCUT2D eigenvalue weighted by Crippen LogP contribution is 2.32. The Bertz CT molecular complexity index is 376. The van der Waals surface area contributed by atoms with E-state index in [0.29, 0.717) is 16.8 Å². The van der Waals surface area contributed by atoms with E-state index in [-0.39, 0.29) is 0 Å². The lowest BCUT2D eigenvalue weighted by Gasteiger charge is -2.29. The zero-order chi connectivity index (χ0) is 12.3. The fraction of sp³-hybridized carbons (Fsp3) is 0.538. The Labute approximate surface area is 112 Å². The van der Waals surface area contributed by atoms with E-state index >= 15 is 0 Å². The van der Waals surface area contributed by atoms with Crippen molar-refractivity contribution in [3.05, 3.63) is 23.2 Å². The molecule has 0 aliphatic heterocycles. The van der Waals surface area contributed by atoms with Crippen LogP contribution < -0.4 is 11.1 Å². The van der Waals surface area contributed by atoms with Crippen molar-refractivity contribution in [3.63, 3.8) is 0 Å². The van der Waals surface area contributed by atoms with Crippen LogP contribution in [0, 0.1) is 0 Å². The van der Waals surface area contributed by atoms with E-state index in [0.717, 1.165) is 10.9 Å². The third-order valence-corrected chi connectivity index (χ3v) is 4.89. The molecule has 2 rings (SSSR count). The second-order valence-corrected chi connectivity index (χ2v) is 6.10. The Kier molecular flexibility index (Phi) is 4.46. The van der Waals surface area contributed by atoms with Crippen LogP contribution in [0.15, 0.2) is 18.2 Å². The van der Waals surface area contributed by atoms with Crippen LogP contribution in [0.25, 0.3) is 0 Å².